The van der Waals surface area contributed by atoms with Gasteiger partial charge in [-0.3, -0.25) is 9.59 Å². The molecule has 0 fully saturated rings. The van der Waals surface area contributed by atoms with Gasteiger partial charge in [0.2, 0.25) is 11.8 Å². The number of nitrogens with zero attached hydrogens (tertiary/aromatic N) is 1. The normalized spacial score (nSPS) is 10.6. The minimum absolute atomic E-state index is 0.00395. The number of amides is 1. The summed E-state index contributed by atoms with van der Waals surface area (Å²) in [4.78, 5) is 29.9. The number of oxazole rings is 1. The van der Waals surface area contributed by atoms with Gasteiger partial charge in [0.1, 0.15) is 0 Å². The van der Waals surface area contributed by atoms with E-state index in [0.717, 1.165) is 10.4 Å². The summed E-state index contributed by atoms with van der Waals surface area (Å²) in [6.07, 6.45) is 1.99. The highest BCUT2D eigenvalue weighted by Gasteiger charge is 2.12. The Morgan fingerprint density at radius 2 is 1.92 bits per heavy atom. The van der Waals surface area contributed by atoms with E-state index in [2.05, 4.69) is 10.3 Å². The average Bonchev–Trinajstić information content (AvgIpc) is 3.28. The van der Waals surface area contributed by atoms with Gasteiger partial charge in [-0.25, -0.2) is 4.98 Å². The average molecular weight is 354 g/mol. The zero-order valence-corrected chi connectivity index (χ0v) is 14.6. The third-order valence-electron chi connectivity index (χ3n) is 3.64. The highest BCUT2D eigenvalue weighted by molar-refractivity contribution is 7.14. The molecule has 0 bridgehead atoms. The van der Waals surface area contributed by atoms with Crippen LogP contribution in [0.4, 0.5) is 0 Å². The van der Waals surface area contributed by atoms with E-state index in [9.17, 15) is 9.59 Å². The van der Waals surface area contributed by atoms with Crippen molar-refractivity contribution in [1.29, 1.82) is 0 Å². The Balaban J connectivity index is 1.46. The molecular formula is C19H18N2O3S. The van der Waals surface area contributed by atoms with Crippen LogP contribution in [0.3, 0.4) is 0 Å². The van der Waals surface area contributed by atoms with E-state index < -0.39 is 0 Å². The summed E-state index contributed by atoms with van der Waals surface area (Å²) in [6, 6.07) is 13.3. The van der Waals surface area contributed by atoms with Gasteiger partial charge in [-0.05, 0) is 19.1 Å². The molecule has 0 atom stereocenters. The van der Waals surface area contributed by atoms with E-state index >= 15 is 0 Å². The number of aryl methyl sites for hydroxylation is 1. The van der Waals surface area contributed by atoms with Gasteiger partial charge in [0.05, 0.1) is 17.6 Å². The molecule has 2 aromatic heterocycles. The SMILES string of the molecule is Cc1ccc(C(=O)CCC(=O)NCc2ncc(-c3ccccc3)o2)s1. The Hall–Kier alpha value is -2.73. The molecule has 0 radical (unpaired) electrons. The van der Waals surface area contributed by atoms with Crippen molar-refractivity contribution in [2.45, 2.75) is 26.3 Å². The first-order valence-electron chi connectivity index (χ1n) is 7.98. The fourth-order valence-corrected chi connectivity index (χ4v) is 3.16. The summed E-state index contributed by atoms with van der Waals surface area (Å²) in [5.74, 6) is 0.900. The molecule has 5 nitrogen and oxygen atoms in total. The number of hydrogen-bond acceptors (Lipinski definition) is 5. The number of carbonyl (C=O) groups excluding carboxylic acids is 2. The summed E-state index contributed by atoms with van der Waals surface area (Å²) in [7, 11) is 0. The van der Waals surface area contributed by atoms with Crippen molar-refractivity contribution in [3.05, 3.63) is 64.3 Å². The van der Waals surface area contributed by atoms with Gasteiger partial charge in [0.15, 0.2) is 11.5 Å². The van der Waals surface area contributed by atoms with Gasteiger partial charge in [0.25, 0.3) is 0 Å². The first-order chi connectivity index (χ1) is 12.1. The Kier molecular flexibility index (Phi) is 5.40. The molecule has 0 aliphatic rings. The molecule has 0 unspecified atom stereocenters. The van der Waals surface area contributed by atoms with Crippen molar-refractivity contribution < 1.29 is 14.0 Å². The Morgan fingerprint density at radius 3 is 2.64 bits per heavy atom. The van der Waals surface area contributed by atoms with Crippen LogP contribution in [0.5, 0.6) is 0 Å². The minimum atomic E-state index is -0.193. The highest BCUT2D eigenvalue weighted by atomic mass is 32.1. The quantitative estimate of drug-likeness (QED) is 0.651. The second-order valence-electron chi connectivity index (χ2n) is 5.59. The van der Waals surface area contributed by atoms with Crippen LogP contribution >= 0.6 is 11.3 Å². The predicted molar refractivity (Wildman–Crippen MR) is 96.4 cm³/mol. The zero-order chi connectivity index (χ0) is 17.6. The number of carbonyl (C=O) groups is 2. The van der Waals surface area contributed by atoms with E-state index in [1.807, 2.05) is 43.3 Å². The summed E-state index contributed by atoms with van der Waals surface area (Å²) in [6.45, 7) is 2.16. The van der Waals surface area contributed by atoms with Gasteiger partial charge in [0, 0.05) is 23.3 Å². The lowest BCUT2D eigenvalue weighted by molar-refractivity contribution is -0.121. The van der Waals surface area contributed by atoms with Crippen molar-refractivity contribution >= 4 is 23.0 Å². The van der Waals surface area contributed by atoms with Crippen molar-refractivity contribution in [1.82, 2.24) is 10.3 Å². The topological polar surface area (TPSA) is 72.2 Å². The number of hydrogen-bond donors (Lipinski definition) is 1. The fraction of sp³-hybridized carbons (Fsp3) is 0.211. The van der Waals surface area contributed by atoms with Crippen LogP contribution in [0.2, 0.25) is 0 Å². The van der Waals surface area contributed by atoms with Crippen molar-refractivity contribution in [3.63, 3.8) is 0 Å². The second kappa shape index (κ2) is 7.90. The highest BCUT2D eigenvalue weighted by Crippen LogP contribution is 2.20. The maximum Gasteiger partial charge on any atom is 0.220 e. The van der Waals surface area contributed by atoms with Gasteiger partial charge in [-0.15, -0.1) is 11.3 Å². The number of Topliss-reactive ketones (excluding diaryl/α,β-unsaturated/α-hetero) is 1. The van der Waals surface area contributed by atoms with E-state index in [1.54, 1.807) is 12.3 Å². The summed E-state index contributed by atoms with van der Waals surface area (Å²) in [5.41, 5.74) is 0.935. The van der Waals surface area contributed by atoms with Gasteiger partial charge >= 0.3 is 0 Å². The molecule has 0 aliphatic heterocycles. The maximum atomic E-state index is 12.0. The number of aromatic nitrogens is 1. The number of benzene rings is 1. The standard InChI is InChI=1S/C19H18N2O3S/c1-13-7-9-17(25-13)15(22)8-10-18(23)20-12-19-21-11-16(24-19)14-5-3-2-4-6-14/h2-7,9,11H,8,10,12H2,1H3,(H,20,23). The molecule has 1 aromatic carbocycles. The van der Waals surface area contributed by atoms with E-state index in [-0.39, 0.29) is 31.1 Å². The van der Waals surface area contributed by atoms with E-state index in [4.69, 9.17) is 4.42 Å². The lowest BCUT2D eigenvalue weighted by Gasteiger charge is -2.02. The third kappa shape index (κ3) is 4.64. The molecular weight excluding hydrogens is 336 g/mol. The number of thiophene rings is 1. The van der Waals surface area contributed by atoms with E-state index in [0.29, 0.717) is 16.5 Å². The molecule has 0 saturated heterocycles. The maximum absolute atomic E-state index is 12.0. The van der Waals surface area contributed by atoms with Crippen LogP contribution in [0.25, 0.3) is 11.3 Å². The lowest BCUT2D eigenvalue weighted by atomic mass is 10.2. The molecule has 3 aromatic rings. The summed E-state index contributed by atoms with van der Waals surface area (Å²) in [5, 5.41) is 2.73. The van der Waals surface area contributed by atoms with Crippen LogP contribution in [-0.2, 0) is 11.3 Å². The van der Waals surface area contributed by atoms with Crippen LogP contribution in [-0.4, -0.2) is 16.7 Å². The first kappa shape index (κ1) is 17.1. The van der Waals surface area contributed by atoms with Gasteiger partial charge < -0.3 is 9.73 Å². The predicted octanol–water partition coefficient (Wildman–Crippen LogP) is 3.99. The van der Waals surface area contributed by atoms with E-state index in [1.165, 1.54) is 11.3 Å². The fourth-order valence-electron chi connectivity index (χ4n) is 2.33. The number of ketones is 1. The molecule has 25 heavy (non-hydrogen) atoms. The van der Waals surface area contributed by atoms with Gasteiger partial charge in [-0.1, -0.05) is 30.3 Å². The zero-order valence-electron chi connectivity index (χ0n) is 13.8. The first-order valence-corrected chi connectivity index (χ1v) is 8.80. The van der Waals surface area contributed by atoms with Crippen molar-refractivity contribution in [2.75, 3.05) is 0 Å². The molecule has 128 valence electrons. The Morgan fingerprint density at radius 1 is 1.12 bits per heavy atom. The lowest BCUT2D eigenvalue weighted by Crippen LogP contribution is -2.23. The molecule has 0 spiro atoms. The van der Waals surface area contributed by atoms with Crippen LogP contribution < -0.4 is 5.32 Å². The molecule has 1 amide bonds. The second-order valence-corrected chi connectivity index (χ2v) is 6.88. The molecule has 0 saturated carbocycles. The van der Waals surface area contributed by atoms with Crippen LogP contribution in [0.1, 0.15) is 33.3 Å². The van der Waals surface area contributed by atoms with Crippen LogP contribution in [0, 0.1) is 6.92 Å². The van der Waals surface area contributed by atoms with Crippen molar-refractivity contribution in [3.8, 4) is 11.3 Å². The molecule has 1 N–H and O–H groups in total. The van der Waals surface area contributed by atoms with Gasteiger partial charge in [-0.2, -0.15) is 0 Å². The molecule has 0 aliphatic carbocycles. The van der Waals surface area contributed by atoms with Crippen LogP contribution in [0.15, 0.2) is 53.1 Å². The number of rotatable bonds is 7. The summed E-state index contributed by atoms with van der Waals surface area (Å²) < 4.78 is 5.63. The minimum Gasteiger partial charge on any atom is -0.439 e. The number of nitrogens with one attached hydrogen (secondary N) is 1. The smallest absolute Gasteiger partial charge is 0.220 e. The Bertz CT molecular complexity index is 868. The Labute approximate surface area is 149 Å². The monoisotopic (exact) mass is 354 g/mol. The molecule has 6 heteroatoms. The molecule has 3 rings (SSSR count). The third-order valence-corrected chi connectivity index (χ3v) is 4.68. The largest absolute Gasteiger partial charge is 0.439 e. The van der Waals surface area contributed by atoms with Crippen molar-refractivity contribution in [2.24, 2.45) is 0 Å². The molecule has 2 heterocycles. The summed E-state index contributed by atoms with van der Waals surface area (Å²) >= 11 is 1.45.